The molecule has 0 fully saturated rings. The van der Waals surface area contributed by atoms with Gasteiger partial charge in [0.1, 0.15) is 11.3 Å². The van der Waals surface area contributed by atoms with Crippen molar-refractivity contribution in [3.8, 4) is 0 Å². The van der Waals surface area contributed by atoms with Crippen LogP contribution >= 0.6 is 0 Å². The van der Waals surface area contributed by atoms with Gasteiger partial charge in [0, 0.05) is 11.8 Å². The van der Waals surface area contributed by atoms with Crippen LogP contribution in [-0.2, 0) is 6.42 Å². The molecule has 0 bridgehead atoms. The van der Waals surface area contributed by atoms with Gasteiger partial charge in [-0.05, 0) is 48.9 Å². The minimum absolute atomic E-state index is 0.0635. The number of nitrogens with zero attached hydrogens (tertiary/aromatic N) is 1. The summed E-state index contributed by atoms with van der Waals surface area (Å²) in [5, 5.41) is 9.36. The summed E-state index contributed by atoms with van der Waals surface area (Å²) in [4.78, 5) is 27.9. The molecule has 0 spiro atoms. The minimum atomic E-state index is -1.08. The molecule has 0 aliphatic rings. The van der Waals surface area contributed by atoms with E-state index in [0.717, 1.165) is 5.69 Å². The van der Waals surface area contributed by atoms with Crippen molar-refractivity contribution in [2.24, 2.45) is 0 Å². The third-order valence-corrected chi connectivity index (χ3v) is 3.71. The molecule has 5 nitrogen and oxygen atoms in total. The molecule has 0 saturated carbocycles. The summed E-state index contributed by atoms with van der Waals surface area (Å²) in [7, 11) is 0. The molecule has 3 rings (SSSR count). The summed E-state index contributed by atoms with van der Waals surface area (Å²) < 4.78 is 5.81. The lowest BCUT2D eigenvalue weighted by Crippen LogP contribution is -2.11. The number of benzene rings is 1. The monoisotopic (exact) mass is 321 g/mol. The van der Waals surface area contributed by atoms with E-state index in [4.69, 9.17) is 9.52 Å². The maximum absolute atomic E-state index is 12.7. The summed E-state index contributed by atoms with van der Waals surface area (Å²) in [6.07, 6.45) is 5.66. The molecular formula is C19H15NO4. The Balaban J connectivity index is 2.15. The van der Waals surface area contributed by atoms with Crippen molar-refractivity contribution in [1.82, 2.24) is 4.98 Å². The Bertz CT molecular complexity index is 987. The van der Waals surface area contributed by atoms with Gasteiger partial charge in [0.05, 0.1) is 16.6 Å². The third-order valence-electron chi connectivity index (χ3n) is 3.71. The van der Waals surface area contributed by atoms with E-state index < -0.39 is 5.97 Å². The lowest BCUT2D eigenvalue weighted by atomic mass is 10.1. The van der Waals surface area contributed by atoms with E-state index in [1.807, 2.05) is 25.1 Å². The number of rotatable bonds is 4. The molecule has 0 amide bonds. The molecule has 1 aromatic carbocycles. The fourth-order valence-electron chi connectivity index (χ4n) is 2.49. The lowest BCUT2D eigenvalue weighted by Gasteiger charge is -2.06. The largest absolute Gasteiger partial charge is 0.478 e. The van der Waals surface area contributed by atoms with Crippen molar-refractivity contribution >= 4 is 29.1 Å². The van der Waals surface area contributed by atoms with Gasteiger partial charge < -0.3 is 9.52 Å². The van der Waals surface area contributed by atoms with Gasteiger partial charge in [0.15, 0.2) is 5.43 Å². The molecule has 2 heterocycles. The number of pyridine rings is 1. The molecule has 0 aliphatic heterocycles. The van der Waals surface area contributed by atoms with Gasteiger partial charge >= 0.3 is 5.97 Å². The number of hydrogen-bond acceptors (Lipinski definition) is 4. The van der Waals surface area contributed by atoms with Crippen molar-refractivity contribution in [1.29, 1.82) is 0 Å². The Morgan fingerprint density at radius 3 is 2.75 bits per heavy atom. The fourth-order valence-corrected chi connectivity index (χ4v) is 2.49. The number of aromatic nitrogens is 1. The third kappa shape index (κ3) is 2.96. The average molecular weight is 321 g/mol. The van der Waals surface area contributed by atoms with E-state index in [1.165, 1.54) is 18.2 Å². The van der Waals surface area contributed by atoms with Crippen molar-refractivity contribution in [2.45, 2.75) is 13.3 Å². The van der Waals surface area contributed by atoms with Crippen molar-refractivity contribution in [3.63, 3.8) is 0 Å². The molecule has 24 heavy (non-hydrogen) atoms. The number of carboxylic acids is 1. The highest BCUT2D eigenvalue weighted by molar-refractivity contribution is 5.93. The van der Waals surface area contributed by atoms with Crippen molar-refractivity contribution in [2.75, 3.05) is 0 Å². The smallest absolute Gasteiger partial charge is 0.335 e. The molecule has 0 aliphatic carbocycles. The first-order chi connectivity index (χ1) is 11.6. The first kappa shape index (κ1) is 15.7. The minimum Gasteiger partial charge on any atom is -0.478 e. The molecular weight excluding hydrogens is 306 g/mol. The summed E-state index contributed by atoms with van der Waals surface area (Å²) in [5.74, 6) is -0.614. The molecule has 0 saturated heterocycles. The van der Waals surface area contributed by atoms with Crippen LogP contribution in [0.4, 0.5) is 0 Å². The van der Waals surface area contributed by atoms with Crippen LogP contribution in [0.1, 0.15) is 34.3 Å². The summed E-state index contributed by atoms with van der Waals surface area (Å²) in [5.41, 5.74) is 1.49. The summed E-state index contributed by atoms with van der Waals surface area (Å²) in [6.45, 7) is 1.86. The van der Waals surface area contributed by atoms with Gasteiger partial charge in [-0.1, -0.05) is 13.0 Å². The van der Waals surface area contributed by atoms with E-state index in [2.05, 4.69) is 4.98 Å². The van der Waals surface area contributed by atoms with Crippen molar-refractivity contribution < 1.29 is 14.3 Å². The SMILES string of the molecule is CCc1c(/C=C/c2ccccn2)oc2ccc(C(=O)O)cc2c1=O. The highest BCUT2D eigenvalue weighted by Gasteiger charge is 2.13. The molecule has 5 heteroatoms. The normalized spacial score (nSPS) is 11.2. The number of carboxylic acid groups (broad SMARTS) is 1. The van der Waals surface area contributed by atoms with Crippen LogP contribution in [0.15, 0.2) is 51.8 Å². The molecule has 0 unspecified atom stereocenters. The van der Waals surface area contributed by atoms with Gasteiger partial charge in [0.2, 0.25) is 0 Å². The Morgan fingerprint density at radius 1 is 1.25 bits per heavy atom. The Kier molecular flexibility index (Phi) is 4.24. The van der Waals surface area contributed by atoms with E-state index >= 15 is 0 Å². The van der Waals surface area contributed by atoms with Crippen LogP contribution in [0.25, 0.3) is 23.1 Å². The van der Waals surface area contributed by atoms with Gasteiger partial charge in [-0.2, -0.15) is 0 Å². The first-order valence-corrected chi connectivity index (χ1v) is 7.52. The Morgan fingerprint density at radius 2 is 2.08 bits per heavy atom. The molecule has 3 aromatic rings. The van der Waals surface area contributed by atoms with Crippen molar-refractivity contribution in [3.05, 3.63) is 75.4 Å². The zero-order chi connectivity index (χ0) is 17.1. The average Bonchev–Trinajstić information content (AvgIpc) is 2.60. The number of hydrogen-bond donors (Lipinski definition) is 1. The van der Waals surface area contributed by atoms with Gasteiger partial charge in [0.25, 0.3) is 0 Å². The predicted molar refractivity (Wildman–Crippen MR) is 92.0 cm³/mol. The maximum Gasteiger partial charge on any atom is 0.335 e. The zero-order valence-electron chi connectivity index (χ0n) is 13.0. The molecule has 2 aromatic heterocycles. The second-order valence-electron chi connectivity index (χ2n) is 5.23. The van der Waals surface area contributed by atoms with Crippen LogP contribution in [0.5, 0.6) is 0 Å². The number of fused-ring (bicyclic) bond motifs is 1. The van der Waals surface area contributed by atoms with E-state index in [0.29, 0.717) is 23.3 Å². The first-order valence-electron chi connectivity index (χ1n) is 7.52. The standard InChI is InChI=1S/C19H15NO4/c1-2-14-16(9-7-13-5-3-4-10-20-13)24-17-8-6-12(19(22)23)11-15(17)18(14)21/h3-11H,2H2,1H3,(H,22,23)/b9-7+. The predicted octanol–water partition coefficient (Wildman–Crippen LogP) is 3.62. The van der Waals surface area contributed by atoms with Crippen LogP contribution in [0.3, 0.4) is 0 Å². The second-order valence-corrected chi connectivity index (χ2v) is 5.23. The number of carbonyl (C=O) groups is 1. The fraction of sp³-hybridized carbons (Fsp3) is 0.105. The maximum atomic E-state index is 12.7. The van der Waals surface area contributed by atoms with E-state index in [-0.39, 0.29) is 16.4 Å². The van der Waals surface area contributed by atoms with Gasteiger partial charge in [-0.3, -0.25) is 9.78 Å². The molecule has 0 radical (unpaired) electrons. The van der Waals surface area contributed by atoms with E-state index in [9.17, 15) is 9.59 Å². The highest BCUT2D eigenvalue weighted by atomic mass is 16.4. The Hall–Kier alpha value is -3.21. The quantitative estimate of drug-likeness (QED) is 0.794. The van der Waals surface area contributed by atoms with Crippen LogP contribution < -0.4 is 5.43 Å². The molecule has 120 valence electrons. The zero-order valence-corrected chi connectivity index (χ0v) is 13.0. The van der Waals surface area contributed by atoms with Crippen LogP contribution in [0, 0.1) is 0 Å². The highest BCUT2D eigenvalue weighted by Crippen LogP contribution is 2.20. The van der Waals surface area contributed by atoms with Crippen LogP contribution in [-0.4, -0.2) is 16.1 Å². The second kappa shape index (κ2) is 6.50. The summed E-state index contributed by atoms with van der Waals surface area (Å²) in [6, 6.07) is 9.83. The van der Waals surface area contributed by atoms with Crippen LogP contribution in [0.2, 0.25) is 0 Å². The topological polar surface area (TPSA) is 80.4 Å². The van der Waals surface area contributed by atoms with Gasteiger partial charge in [-0.15, -0.1) is 0 Å². The molecule has 0 atom stereocenters. The summed E-state index contributed by atoms with van der Waals surface area (Å²) >= 11 is 0. The molecule has 1 N–H and O–H groups in total. The number of aromatic carboxylic acids is 1. The lowest BCUT2D eigenvalue weighted by molar-refractivity contribution is 0.0697. The van der Waals surface area contributed by atoms with Gasteiger partial charge in [-0.25, -0.2) is 4.79 Å². The Labute approximate surface area is 137 Å². The van der Waals surface area contributed by atoms with E-state index in [1.54, 1.807) is 18.3 Å².